The molecule has 0 radical (unpaired) electrons. The molecule has 104 valence electrons. The molecule has 0 bridgehead atoms. The highest BCUT2D eigenvalue weighted by molar-refractivity contribution is 5.81. The van der Waals surface area contributed by atoms with Gasteiger partial charge >= 0.3 is 0 Å². The summed E-state index contributed by atoms with van der Waals surface area (Å²) in [5.74, 6) is 1.23. The Morgan fingerprint density at radius 2 is 2.16 bits per heavy atom. The number of hydrogen-bond acceptors (Lipinski definition) is 3. The Morgan fingerprint density at radius 3 is 2.74 bits per heavy atom. The van der Waals surface area contributed by atoms with Crippen LogP contribution in [0.15, 0.2) is 24.3 Å². The van der Waals surface area contributed by atoms with Crippen molar-refractivity contribution in [3.8, 4) is 5.75 Å². The minimum atomic E-state index is -0.445. The van der Waals surface area contributed by atoms with E-state index in [0.29, 0.717) is 12.5 Å². The van der Waals surface area contributed by atoms with Gasteiger partial charge in [-0.1, -0.05) is 17.7 Å². The first-order valence-corrected chi connectivity index (χ1v) is 6.82. The number of likely N-dealkylation sites (tertiary alicyclic amines) is 1. The second-order valence-corrected chi connectivity index (χ2v) is 5.25. The summed E-state index contributed by atoms with van der Waals surface area (Å²) in [6, 6.07) is 7.75. The molecule has 4 nitrogen and oxygen atoms in total. The molecule has 19 heavy (non-hydrogen) atoms. The van der Waals surface area contributed by atoms with Crippen LogP contribution < -0.4 is 10.5 Å². The summed E-state index contributed by atoms with van der Waals surface area (Å²) in [6.07, 6.45) is 0.554. The topological polar surface area (TPSA) is 55.6 Å². The molecule has 1 aromatic rings. The molecule has 0 unspecified atom stereocenters. The van der Waals surface area contributed by atoms with Gasteiger partial charge in [0.05, 0.1) is 0 Å². The zero-order chi connectivity index (χ0) is 13.8. The third kappa shape index (κ3) is 3.47. The lowest BCUT2D eigenvalue weighted by atomic mass is 10.1. The maximum absolute atomic E-state index is 12.2. The number of nitrogens with zero attached hydrogens (tertiary/aromatic N) is 1. The minimum absolute atomic E-state index is 0.0523. The summed E-state index contributed by atoms with van der Waals surface area (Å²) < 4.78 is 5.69. The molecule has 0 spiro atoms. The summed E-state index contributed by atoms with van der Waals surface area (Å²) in [6.45, 7) is 6.03. The first kappa shape index (κ1) is 13.9. The number of carbonyl (C=O) groups is 1. The first-order valence-electron chi connectivity index (χ1n) is 6.82. The zero-order valence-electron chi connectivity index (χ0n) is 11.6. The number of carbonyl (C=O) groups excluding carboxylic acids is 1. The molecule has 1 aromatic carbocycles. The molecular weight excluding hydrogens is 240 g/mol. The third-order valence-electron chi connectivity index (χ3n) is 3.61. The fourth-order valence-electron chi connectivity index (χ4n) is 2.35. The van der Waals surface area contributed by atoms with Gasteiger partial charge in [0.25, 0.3) is 5.91 Å². The van der Waals surface area contributed by atoms with Crippen molar-refractivity contribution in [2.75, 3.05) is 19.6 Å². The van der Waals surface area contributed by atoms with E-state index in [-0.39, 0.29) is 5.91 Å². The van der Waals surface area contributed by atoms with Gasteiger partial charge in [-0.15, -0.1) is 0 Å². The van der Waals surface area contributed by atoms with Crippen molar-refractivity contribution >= 4 is 5.91 Å². The number of amides is 1. The second-order valence-electron chi connectivity index (χ2n) is 5.25. The van der Waals surface area contributed by atoms with Crippen molar-refractivity contribution in [1.82, 2.24) is 4.90 Å². The van der Waals surface area contributed by atoms with E-state index >= 15 is 0 Å². The highest BCUT2D eigenvalue weighted by Crippen LogP contribution is 2.18. The number of rotatable bonds is 4. The van der Waals surface area contributed by atoms with Crippen molar-refractivity contribution in [3.05, 3.63) is 29.8 Å². The van der Waals surface area contributed by atoms with Gasteiger partial charge in [-0.3, -0.25) is 4.79 Å². The van der Waals surface area contributed by atoms with E-state index in [2.05, 4.69) is 0 Å². The van der Waals surface area contributed by atoms with E-state index < -0.39 is 6.10 Å². The van der Waals surface area contributed by atoms with E-state index in [0.717, 1.165) is 25.3 Å². The van der Waals surface area contributed by atoms with Crippen LogP contribution in [-0.2, 0) is 4.79 Å². The third-order valence-corrected chi connectivity index (χ3v) is 3.61. The van der Waals surface area contributed by atoms with Crippen LogP contribution in [0.3, 0.4) is 0 Å². The molecule has 2 N–H and O–H groups in total. The van der Waals surface area contributed by atoms with E-state index in [1.807, 2.05) is 36.1 Å². The van der Waals surface area contributed by atoms with Crippen LogP contribution >= 0.6 is 0 Å². The quantitative estimate of drug-likeness (QED) is 0.896. The van der Waals surface area contributed by atoms with Crippen molar-refractivity contribution < 1.29 is 9.53 Å². The highest BCUT2D eigenvalue weighted by atomic mass is 16.5. The smallest absolute Gasteiger partial charge is 0.263 e. The molecule has 1 amide bonds. The molecule has 1 aliphatic heterocycles. The zero-order valence-corrected chi connectivity index (χ0v) is 11.6. The summed E-state index contributed by atoms with van der Waals surface area (Å²) in [7, 11) is 0. The summed E-state index contributed by atoms with van der Waals surface area (Å²) >= 11 is 0. The molecular formula is C15H22N2O2. The van der Waals surface area contributed by atoms with Crippen LogP contribution in [0.5, 0.6) is 5.75 Å². The van der Waals surface area contributed by atoms with Gasteiger partial charge in [0.2, 0.25) is 0 Å². The molecule has 0 saturated carbocycles. The molecule has 4 heteroatoms. The average molecular weight is 262 g/mol. The number of nitrogens with two attached hydrogens (primary N) is 1. The molecule has 1 heterocycles. The Labute approximate surface area is 114 Å². The maximum Gasteiger partial charge on any atom is 0.263 e. The van der Waals surface area contributed by atoms with Crippen molar-refractivity contribution in [3.63, 3.8) is 0 Å². The largest absolute Gasteiger partial charge is 0.481 e. The van der Waals surface area contributed by atoms with Crippen LogP contribution in [0.4, 0.5) is 0 Å². The van der Waals surface area contributed by atoms with Crippen LogP contribution in [0.2, 0.25) is 0 Å². The monoisotopic (exact) mass is 262 g/mol. The van der Waals surface area contributed by atoms with Crippen molar-refractivity contribution in [2.45, 2.75) is 26.4 Å². The van der Waals surface area contributed by atoms with Gasteiger partial charge in [0.1, 0.15) is 5.75 Å². The number of aryl methyl sites for hydroxylation is 1. The molecule has 1 aliphatic rings. The normalized spacial score (nSPS) is 20.4. The molecule has 0 aromatic heterocycles. The number of hydrogen-bond donors (Lipinski definition) is 1. The second kappa shape index (κ2) is 6.06. The fourth-order valence-corrected chi connectivity index (χ4v) is 2.35. The molecule has 2 atom stereocenters. The van der Waals surface area contributed by atoms with E-state index in [4.69, 9.17) is 10.5 Å². The van der Waals surface area contributed by atoms with Gasteiger partial charge in [-0.2, -0.15) is 0 Å². The molecule has 1 fully saturated rings. The van der Waals surface area contributed by atoms with Crippen molar-refractivity contribution in [2.24, 2.45) is 11.7 Å². The molecule has 0 aliphatic carbocycles. The van der Waals surface area contributed by atoms with Gasteiger partial charge in [-0.25, -0.2) is 0 Å². The Morgan fingerprint density at radius 1 is 1.47 bits per heavy atom. The van der Waals surface area contributed by atoms with Crippen LogP contribution in [0, 0.1) is 12.8 Å². The highest BCUT2D eigenvalue weighted by Gasteiger charge is 2.29. The van der Waals surface area contributed by atoms with Crippen LogP contribution in [0.1, 0.15) is 18.9 Å². The predicted octanol–water partition coefficient (Wildman–Crippen LogP) is 1.57. The van der Waals surface area contributed by atoms with Gasteiger partial charge in [-0.05, 0) is 44.9 Å². The molecule has 2 rings (SSSR count). The standard InChI is InChI=1S/C15H22N2O2/c1-11-3-5-14(6-4-11)19-12(2)15(18)17-8-7-13(9-16)10-17/h3-6,12-13H,7-10,16H2,1-2H3/t12-,13-/m0/s1. The molecule has 1 saturated heterocycles. The van der Waals surface area contributed by atoms with E-state index in [1.165, 1.54) is 5.56 Å². The summed E-state index contributed by atoms with van der Waals surface area (Å²) in [5.41, 5.74) is 6.82. The summed E-state index contributed by atoms with van der Waals surface area (Å²) in [4.78, 5) is 14.1. The minimum Gasteiger partial charge on any atom is -0.481 e. The summed E-state index contributed by atoms with van der Waals surface area (Å²) in [5, 5.41) is 0. The van der Waals surface area contributed by atoms with E-state index in [9.17, 15) is 4.79 Å². The Hall–Kier alpha value is -1.55. The Kier molecular flexibility index (Phi) is 4.43. The average Bonchev–Trinajstić information content (AvgIpc) is 2.89. The number of ether oxygens (including phenoxy) is 1. The van der Waals surface area contributed by atoms with Gasteiger partial charge in [0.15, 0.2) is 6.10 Å². The van der Waals surface area contributed by atoms with Crippen LogP contribution in [0.25, 0.3) is 0 Å². The maximum atomic E-state index is 12.2. The van der Waals surface area contributed by atoms with Gasteiger partial charge < -0.3 is 15.4 Å². The SMILES string of the molecule is Cc1ccc(O[C@@H](C)C(=O)N2CC[C@@H](CN)C2)cc1. The van der Waals surface area contributed by atoms with Crippen LogP contribution in [-0.4, -0.2) is 36.5 Å². The lowest BCUT2D eigenvalue weighted by Crippen LogP contribution is -2.39. The van der Waals surface area contributed by atoms with Gasteiger partial charge in [0, 0.05) is 13.1 Å². The lowest BCUT2D eigenvalue weighted by molar-refractivity contribution is -0.136. The predicted molar refractivity (Wildman–Crippen MR) is 75.0 cm³/mol. The fraction of sp³-hybridized carbons (Fsp3) is 0.533. The van der Waals surface area contributed by atoms with Crippen molar-refractivity contribution in [1.29, 1.82) is 0 Å². The first-order chi connectivity index (χ1) is 9.10. The lowest BCUT2D eigenvalue weighted by Gasteiger charge is -2.21. The van der Waals surface area contributed by atoms with E-state index in [1.54, 1.807) is 6.92 Å². The Balaban J connectivity index is 1.91. The number of benzene rings is 1. The Bertz CT molecular complexity index is 430.